The molecule has 1 atom stereocenters. The van der Waals surface area contributed by atoms with Crippen molar-refractivity contribution in [1.29, 1.82) is 10.5 Å². The maximum absolute atomic E-state index is 12.3. The predicted molar refractivity (Wildman–Crippen MR) is 93.2 cm³/mol. The Labute approximate surface area is 144 Å². The third-order valence-electron chi connectivity index (χ3n) is 3.20. The number of aromatic nitrogens is 1. The van der Waals surface area contributed by atoms with Crippen LogP contribution in [-0.2, 0) is 4.79 Å². The van der Waals surface area contributed by atoms with E-state index in [0.29, 0.717) is 10.7 Å². The molecule has 1 aromatic heterocycles. The summed E-state index contributed by atoms with van der Waals surface area (Å²) >= 11 is 1.12. The molecule has 24 heavy (non-hydrogen) atoms. The van der Waals surface area contributed by atoms with Gasteiger partial charge in [-0.25, -0.2) is 4.98 Å². The molecular formula is C17H15N5OS. The fourth-order valence-corrected chi connectivity index (χ4v) is 2.84. The molecule has 6 nitrogen and oxygen atoms in total. The molecule has 1 aromatic carbocycles. The lowest BCUT2D eigenvalue weighted by molar-refractivity contribution is -0.115. The minimum absolute atomic E-state index is 0.0466. The number of carbonyl (C=O) groups excluding carboxylic acids is 1. The summed E-state index contributed by atoms with van der Waals surface area (Å²) in [6, 6.07) is 12.7. The Kier molecular flexibility index (Phi) is 5.41. The van der Waals surface area contributed by atoms with Gasteiger partial charge in [0.2, 0.25) is 5.91 Å². The van der Waals surface area contributed by atoms with E-state index in [1.807, 2.05) is 37.3 Å². The van der Waals surface area contributed by atoms with Gasteiger partial charge in [0.25, 0.3) is 0 Å². The lowest BCUT2D eigenvalue weighted by Gasteiger charge is -2.13. The zero-order chi connectivity index (χ0) is 17.7. The van der Waals surface area contributed by atoms with E-state index in [-0.39, 0.29) is 22.9 Å². The smallest absolute Gasteiger partial charge is 0.237 e. The summed E-state index contributed by atoms with van der Waals surface area (Å²) in [5.41, 5.74) is 7.81. The van der Waals surface area contributed by atoms with Crippen LogP contribution in [0.5, 0.6) is 0 Å². The molecule has 0 saturated carbocycles. The molecule has 1 amide bonds. The molecule has 0 aliphatic heterocycles. The van der Waals surface area contributed by atoms with E-state index in [9.17, 15) is 10.1 Å². The third kappa shape index (κ3) is 4.03. The molecule has 0 fully saturated rings. The summed E-state index contributed by atoms with van der Waals surface area (Å²) in [7, 11) is 0. The van der Waals surface area contributed by atoms with Crippen molar-refractivity contribution in [3.8, 4) is 12.1 Å². The molecule has 2 aromatic rings. The zero-order valence-electron chi connectivity index (χ0n) is 13.2. The number of nitriles is 2. The highest BCUT2D eigenvalue weighted by Crippen LogP contribution is 2.28. The topological polar surface area (TPSA) is 116 Å². The van der Waals surface area contributed by atoms with Crippen LogP contribution in [0.15, 0.2) is 35.4 Å². The van der Waals surface area contributed by atoms with Crippen molar-refractivity contribution < 1.29 is 4.79 Å². The van der Waals surface area contributed by atoms with Gasteiger partial charge in [-0.05, 0) is 37.6 Å². The Morgan fingerprint density at radius 2 is 2.00 bits per heavy atom. The molecule has 1 heterocycles. The van der Waals surface area contributed by atoms with Crippen LogP contribution >= 0.6 is 11.8 Å². The van der Waals surface area contributed by atoms with Gasteiger partial charge < -0.3 is 11.1 Å². The highest BCUT2D eigenvalue weighted by Gasteiger charge is 2.19. The average molecular weight is 337 g/mol. The molecule has 0 bridgehead atoms. The number of benzene rings is 1. The van der Waals surface area contributed by atoms with E-state index in [0.717, 1.165) is 17.3 Å². The van der Waals surface area contributed by atoms with Gasteiger partial charge in [-0.15, -0.1) is 0 Å². The number of nitrogen functional groups attached to an aromatic ring is 1. The summed E-state index contributed by atoms with van der Waals surface area (Å²) in [6.45, 7) is 3.66. The number of carbonyl (C=O) groups is 1. The van der Waals surface area contributed by atoms with Gasteiger partial charge in [0.05, 0.1) is 16.4 Å². The predicted octanol–water partition coefficient (Wildman–Crippen LogP) is 2.83. The number of nitrogens with one attached hydrogen (secondary N) is 1. The maximum Gasteiger partial charge on any atom is 0.237 e. The van der Waals surface area contributed by atoms with Crippen molar-refractivity contribution in [2.24, 2.45) is 0 Å². The summed E-state index contributed by atoms with van der Waals surface area (Å²) in [4.78, 5) is 16.4. The van der Waals surface area contributed by atoms with Crippen LogP contribution in [0.4, 0.5) is 11.5 Å². The van der Waals surface area contributed by atoms with Crippen LogP contribution in [0, 0.1) is 29.6 Å². The molecule has 3 N–H and O–H groups in total. The van der Waals surface area contributed by atoms with Crippen molar-refractivity contribution in [2.45, 2.75) is 24.1 Å². The Hall–Kier alpha value is -3.03. The molecule has 0 aliphatic rings. The van der Waals surface area contributed by atoms with Gasteiger partial charge in [0.1, 0.15) is 23.0 Å². The monoisotopic (exact) mass is 337 g/mol. The number of pyridine rings is 1. The first kappa shape index (κ1) is 17.3. The minimum atomic E-state index is -0.488. The number of aryl methyl sites for hydroxylation is 1. The molecule has 0 radical (unpaired) electrons. The van der Waals surface area contributed by atoms with Gasteiger partial charge in [-0.1, -0.05) is 23.9 Å². The number of thioether (sulfide) groups is 1. The lowest BCUT2D eigenvalue weighted by atomic mass is 10.2. The molecular weight excluding hydrogens is 322 g/mol. The SMILES string of the molecule is Cc1cccc(NC(=O)[C@@H](C)Sc2nc(N)c(C#N)cc2C#N)c1. The molecule has 0 unspecified atom stereocenters. The second-order valence-corrected chi connectivity index (χ2v) is 6.45. The number of hydrogen-bond acceptors (Lipinski definition) is 6. The van der Waals surface area contributed by atoms with Crippen LogP contribution in [0.1, 0.15) is 23.6 Å². The summed E-state index contributed by atoms with van der Waals surface area (Å²) in [6.07, 6.45) is 0. The van der Waals surface area contributed by atoms with E-state index < -0.39 is 5.25 Å². The van der Waals surface area contributed by atoms with Gasteiger partial charge in [-0.3, -0.25) is 4.79 Å². The zero-order valence-corrected chi connectivity index (χ0v) is 14.0. The number of anilines is 2. The largest absolute Gasteiger partial charge is 0.383 e. The van der Waals surface area contributed by atoms with E-state index in [4.69, 9.17) is 11.0 Å². The van der Waals surface area contributed by atoms with Crippen LogP contribution in [0.3, 0.4) is 0 Å². The highest BCUT2D eigenvalue weighted by atomic mass is 32.2. The number of amides is 1. The second-order valence-electron chi connectivity index (χ2n) is 5.12. The number of hydrogen-bond donors (Lipinski definition) is 2. The van der Waals surface area contributed by atoms with Crippen molar-refractivity contribution in [3.63, 3.8) is 0 Å². The Balaban J connectivity index is 2.16. The maximum atomic E-state index is 12.3. The number of nitrogens with two attached hydrogens (primary N) is 1. The fourth-order valence-electron chi connectivity index (χ4n) is 1.96. The van der Waals surface area contributed by atoms with Gasteiger partial charge >= 0.3 is 0 Å². The lowest BCUT2D eigenvalue weighted by Crippen LogP contribution is -2.22. The van der Waals surface area contributed by atoms with Crippen LogP contribution in [0.25, 0.3) is 0 Å². The number of rotatable bonds is 4. The quantitative estimate of drug-likeness (QED) is 0.829. The van der Waals surface area contributed by atoms with Crippen LogP contribution in [-0.4, -0.2) is 16.1 Å². The van der Waals surface area contributed by atoms with E-state index >= 15 is 0 Å². The molecule has 7 heteroatoms. The number of nitrogens with zero attached hydrogens (tertiary/aromatic N) is 3. The normalized spacial score (nSPS) is 11.2. The summed E-state index contributed by atoms with van der Waals surface area (Å²) in [5.74, 6) is -0.162. The van der Waals surface area contributed by atoms with E-state index in [1.54, 1.807) is 13.0 Å². The fraction of sp³-hybridized carbons (Fsp3) is 0.176. The van der Waals surface area contributed by atoms with Crippen LogP contribution < -0.4 is 11.1 Å². The van der Waals surface area contributed by atoms with Gasteiger partial charge in [0, 0.05) is 5.69 Å². The third-order valence-corrected chi connectivity index (χ3v) is 4.30. The van der Waals surface area contributed by atoms with E-state index in [1.165, 1.54) is 6.07 Å². The Morgan fingerprint density at radius 1 is 1.29 bits per heavy atom. The van der Waals surface area contributed by atoms with Crippen LogP contribution in [0.2, 0.25) is 0 Å². The highest BCUT2D eigenvalue weighted by molar-refractivity contribution is 8.00. The van der Waals surface area contributed by atoms with Gasteiger partial charge in [-0.2, -0.15) is 10.5 Å². The first-order chi connectivity index (χ1) is 11.4. The molecule has 0 saturated heterocycles. The molecule has 0 aliphatic carbocycles. The van der Waals surface area contributed by atoms with Crippen molar-refractivity contribution in [3.05, 3.63) is 47.0 Å². The Bertz CT molecular complexity index is 866. The van der Waals surface area contributed by atoms with Crippen molar-refractivity contribution in [2.75, 3.05) is 11.1 Å². The summed E-state index contributed by atoms with van der Waals surface area (Å²) < 4.78 is 0. The Morgan fingerprint density at radius 3 is 2.62 bits per heavy atom. The van der Waals surface area contributed by atoms with Crippen molar-refractivity contribution >= 4 is 29.2 Å². The molecule has 2 rings (SSSR count). The minimum Gasteiger partial charge on any atom is -0.383 e. The van der Waals surface area contributed by atoms with E-state index in [2.05, 4.69) is 10.3 Å². The first-order valence-electron chi connectivity index (χ1n) is 7.09. The first-order valence-corrected chi connectivity index (χ1v) is 7.97. The van der Waals surface area contributed by atoms with Gasteiger partial charge in [0.15, 0.2) is 0 Å². The average Bonchev–Trinajstić information content (AvgIpc) is 2.55. The summed E-state index contributed by atoms with van der Waals surface area (Å²) in [5, 5.41) is 20.8. The molecule has 0 spiro atoms. The second kappa shape index (κ2) is 7.49. The standard InChI is InChI=1S/C17H15N5OS/c1-10-4-3-5-14(6-10)21-16(23)11(2)24-17-13(9-19)7-12(8-18)15(20)22-17/h3-7,11H,1-2H3,(H2,20,22)(H,21,23)/t11-/m1/s1. The molecule has 120 valence electrons. The van der Waals surface area contributed by atoms with Crippen molar-refractivity contribution in [1.82, 2.24) is 4.98 Å².